The molecule has 0 N–H and O–H groups in total. The lowest BCUT2D eigenvalue weighted by Crippen LogP contribution is -2.39. The number of likely N-dealkylation sites (tertiary alicyclic amines) is 1. The molecule has 5 aromatic rings. The van der Waals surface area contributed by atoms with Crippen LogP contribution in [0.4, 0.5) is 5.69 Å². The third-order valence-corrected chi connectivity index (χ3v) is 8.59. The van der Waals surface area contributed by atoms with Gasteiger partial charge >= 0.3 is 0 Å². The number of fused-ring (bicyclic) bond motifs is 1. The summed E-state index contributed by atoms with van der Waals surface area (Å²) in [6.07, 6.45) is 5.46. The van der Waals surface area contributed by atoms with Crippen LogP contribution in [-0.2, 0) is 17.8 Å². The van der Waals surface area contributed by atoms with Gasteiger partial charge in [-0.15, -0.1) is 0 Å². The zero-order chi connectivity index (χ0) is 28.9. The first-order valence-electron chi connectivity index (χ1n) is 14.7. The molecule has 1 aliphatic heterocycles. The molecule has 6 heteroatoms. The molecular weight excluding hydrogens is 522 g/mol. The Bertz CT molecular complexity index is 1660. The highest BCUT2D eigenvalue weighted by Crippen LogP contribution is 2.37. The van der Waals surface area contributed by atoms with E-state index in [0.29, 0.717) is 18.9 Å². The second kappa shape index (κ2) is 12.4. The number of nitrogens with zero attached hydrogens (tertiary/aromatic N) is 3. The molecule has 0 bridgehead atoms. The Morgan fingerprint density at radius 2 is 1.45 bits per heavy atom. The van der Waals surface area contributed by atoms with Crippen molar-refractivity contribution in [1.29, 1.82) is 0 Å². The Kier molecular flexibility index (Phi) is 8.13. The quantitative estimate of drug-likeness (QED) is 0.138. The largest absolute Gasteiger partial charge is 0.343 e. The van der Waals surface area contributed by atoms with Gasteiger partial charge in [-0.05, 0) is 53.5 Å². The van der Waals surface area contributed by atoms with Crippen LogP contribution in [0.5, 0.6) is 0 Å². The Morgan fingerprint density at radius 3 is 2.10 bits per heavy atom. The molecule has 2 heterocycles. The molecule has 0 saturated carbocycles. The minimum atomic E-state index is -0.347. The molecule has 6 nitrogen and oxygen atoms in total. The van der Waals surface area contributed by atoms with Gasteiger partial charge in [-0.25, -0.2) is 0 Å². The number of hydrogen-bond donors (Lipinski definition) is 0. The first-order chi connectivity index (χ1) is 20.5. The maximum atomic E-state index is 13.8. The minimum Gasteiger partial charge on any atom is -0.343 e. The van der Waals surface area contributed by atoms with Crippen LogP contribution < -0.4 is 0 Å². The van der Waals surface area contributed by atoms with E-state index in [-0.39, 0.29) is 22.4 Å². The van der Waals surface area contributed by atoms with E-state index < -0.39 is 0 Å². The average molecular weight is 558 g/mol. The van der Waals surface area contributed by atoms with Crippen molar-refractivity contribution >= 4 is 22.5 Å². The first-order valence-corrected chi connectivity index (χ1v) is 14.7. The molecule has 1 aliphatic rings. The highest BCUT2D eigenvalue weighted by Gasteiger charge is 2.28. The number of carbonyl (C=O) groups excluding carboxylic acids is 1. The van der Waals surface area contributed by atoms with Gasteiger partial charge in [-0.1, -0.05) is 91.0 Å². The molecule has 1 atom stereocenters. The van der Waals surface area contributed by atoms with Crippen LogP contribution in [0, 0.1) is 16.0 Å². The Labute approximate surface area is 246 Å². The summed E-state index contributed by atoms with van der Waals surface area (Å²) in [5.41, 5.74) is 5.46. The summed E-state index contributed by atoms with van der Waals surface area (Å²) < 4.78 is 2.15. The zero-order valence-electron chi connectivity index (χ0n) is 23.6. The Hall–Kier alpha value is -4.71. The zero-order valence-corrected chi connectivity index (χ0v) is 23.6. The van der Waals surface area contributed by atoms with Gasteiger partial charge in [0.05, 0.1) is 4.92 Å². The first kappa shape index (κ1) is 27.5. The monoisotopic (exact) mass is 557 g/mol. The van der Waals surface area contributed by atoms with Gasteiger partial charge in [0.1, 0.15) is 0 Å². The van der Waals surface area contributed by atoms with Gasteiger partial charge in [0.25, 0.3) is 5.69 Å². The Balaban J connectivity index is 1.29. The summed E-state index contributed by atoms with van der Waals surface area (Å²) in [5, 5.41) is 12.6. The molecule has 42 heavy (non-hydrogen) atoms. The van der Waals surface area contributed by atoms with Crippen LogP contribution in [0.15, 0.2) is 115 Å². The van der Waals surface area contributed by atoms with Crippen molar-refractivity contribution < 1.29 is 9.72 Å². The highest BCUT2D eigenvalue weighted by molar-refractivity contribution is 5.88. The van der Waals surface area contributed by atoms with Crippen LogP contribution in [-0.4, -0.2) is 33.4 Å². The summed E-state index contributed by atoms with van der Waals surface area (Å²) in [4.78, 5) is 27.3. The number of rotatable bonds is 9. The van der Waals surface area contributed by atoms with Crippen LogP contribution >= 0.6 is 0 Å². The fourth-order valence-corrected chi connectivity index (χ4v) is 6.35. The molecule has 212 valence electrons. The maximum absolute atomic E-state index is 13.8. The molecule has 1 fully saturated rings. The van der Waals surface area contributed by atoms with Crippen LogP contribution in [0.2, 0.25) is 0 Å². The summed E-state index contributed by atoms with van der Waals surface area (Å²) in [7, 11) is 0. The van der Waals surface area contributed by atoms with Gasteiger partial charge in [-0.2, -0.15) is 0 Å². The second-order valence-electron chi connectivity index (χ2n) is 11.3. The molecule has 0 unspecified atom stereocenters. The van der Waals surface area contributed by atoms with Gasteiger partial charge in [0.2, 0.25) is 5.91 Å². The topological polar surface area (TPSA) is 68.4 Å². The van der Waals surface area contributed by atoms with Gasteiger partial charge in [0.15, 0.2) is 0 Å². The van der Waals surface area contributed by atoms with Crippen molar-refractivity contribution in [3.63, 3.8) is 0 Å². The van der Waals surface area contributed by atoms with E-state index in [9.17, 15) is 14.9 Å². The molecule has 0 radical (unpaired) electrons. The molecular formula is C36H35N3O3. The van der Waals surface area contributed by atoms with Crippen LogP contribution in [0.3, 0.4) is 0 Å². The summed E-state index contributed by atoms with van der Waals surface area (Å²) >= 11 is 0. The van der Waals surface area contributed by atoms with E-state index in [2.05, 4.69) is 59.3 Å². The van der Waals surface area contributed by atoms with E-state index in [1.165, 1.54) is 5.56 Å². The van der Waals surface area contributed by atoms with Gasteiger partial charge < -0.3 is 9.47 Å². The number of nitro benzene ring substituents is 1. The number of benzene rings is 4. The number of nitro groups is 1. The number of piperidine rings is 1. The lowest BCUT2D eigenvalue weighted by Gasteiger charge is -2.33. The molecule has 0 aliphatic carbocycles. The smallest absolute Gasteiger partial charge is 0.270 e. The second-order valence-corrected chi connectivity index (χ2v) is 11.3. The number of amides is 1. The molecule has 6 rings (SSSR count). The predicted octanol–water partition coefficient (Wildman–Crippen LogP) is 7.60. The SMILES string of the molecule is O=C(C[C@@H](c1ccccc1)c1cn(Cc2ccccc2)c2ccc([N+](=O)[O-])cc12)N1CCC(Cc2ccccc2)CC1. The van der Waals surface area contributed by atoms with Crippen LogP contribution in [0.25, 0.3) is 10.9 Å². The molecule has 1 amide bonds. The van der Waals surface area contributed by atoms with Crippen LogP contribution in [0.1, 0.15) is 47.4 Å². The van der Waals surface area contributed by atoms with Crippen molar-refractivity contribution in [3.05, 3.63) is 148 Å². The lowest BCUT2D eigenvalue weighted by atomic mass is 9.86. The van der Waals surface area contributed by atoms with E-state index in [1.807, 2.05) is 53.4 Å². The molecule has 1 aromatic heterocycles. The summed E-state index contributed by atoms with van der Waals surface area (Å²) in [5.74, 6) is 0.497. The maximum Gasteiger partial charge on any atom is 0.270 e. The van der Waals surface area contributed by atoms with E-state index in [0.717, 1.165) is 59.9 Å². The number of non-ortho nitro benzene ring substituents is 1. The minimum absolute atomic E-state index is 0.0554. The molecule has 0 spiro atoms. The van der Waals surface area contributed by atoms with Crippen molar-refractivity contribution in [2.45, 2.75) is 38.1 Å². The highest BCUT2D eigenvalue weighted by atomic mass is 16.6. The third kappa shape index (κ3) is 6.13. The van der Waals surface area contributed by atoms with Crippen molar-refractivity contribution in [2.24, 2.45) is 5.92 Å². The number of aromatic nitrogens is 1. The summed E-state index contributed by atoms with van der Waals surface area (Å²) in [6.45, 7) is 2.16. The van der Waals surface area contributed by atoms with Gasteiger partial charge in [-0.3, -0.25) is 14.9 Å². The fraction of sp³-hybridized carbons (Fsp3) is 0.250. The Morgan fingerprint density at radius 1 is 0.833 bits per heavy atom. The third-order valence-electron chi connectivity index (χ3n) is 8.59. The number of hydrogen-bond acceptors (Lipinski definition) is 3. The van der Waals surface area contributed by atoms with Crippen molar-refractivity contribution in [2.75, 3.05) is 13.1 Å². The van der Waals surface area contributed by atoms with Crippen molar-refractivity contribution in [3.8, 4) is 0 Å². The number of carbonyl (C=O) groups is 1. The van der Waals surface area contributed by atoms with E-state index in [1.54, 1.807) is 12.1 Å². The standard InChI is InChI=1S/C36H35N3O3/c40-36(37-20-18-28(19-21-37)22-27-10-4-1-5-11-27)24-32(30-14-8-3-9-15-30)34-26-38(25-29-12-6-2-7-13-29)35-17-16-31(39(41)42)23-33(34)35/h1-17,23,26,28,32H,18-22,24-25H2/t32-/m0/s1. The normalized spacial score (nSPS) is 14.6. The van der Waals surface area contributed by atoms with Crippen molar-refractivity contribution in [1.82, 2.24) is 9.47 Å². The molecule has 4 aromatic carbocycles. The van der Waals surface area contributed by atoms with E-state index in [4.69, 9.17) is 0 Å². The molecule has 1 saturated heterocycles. The van der Waals surface area contributed by atoms with E-state index >= 15 is 0 Å². The predicted molar refractivity (Wildman–Crippen MR) is 166 cm³/mol. The fourth-order valence-electron chi connectivity index (χ4n) is 6.35. The average Bonchev–Trinajstić information content (AvgIpc) is 3.38. The summed E-state index contributed by atoms with van der Waals surface area (Å²) in [6, 6.07) is 35.9. The van der Waals surface area contributed by atoms with Gasteiger partial charge in [0, 0.05) is 61.2 Å². The lowest BCUT2D eigenvalue weighted by molar-refractivity contribution is -0.384.